The minimum absolute atomic E-state index is 0.0767. The molecule has 80 valence electrons. The van der Waals surface area contributed by atoms with Gasteiger partial charge in [-0.3, -0.25) is 9.59 Å². The number of aromatic nitrogens is 1. The van der Waals surface area contributed by atoms with Crippen LogP contribution in [-0.2, 0) is 0 Å². The second kappa shape index (κ2) is 4.14. The van der Waals surface area contributed by atoms with Crippen LogP contribution in [0.25, 0.3) is 0 Å². The zero-order valence-electron chi connectivity index (χ0n) is 8.86. The van der Waals surface area contributed by atoms with E-state index in [0.29, 0.717) is 16.8 Å². The lowest BCUT2D eigenvalue weighted by Gasteiger charge is -1.96. The summed E-state index contributed by atoms with van der Waals surface area (Å²) in [6.45, 7) is 1.46. The summed E-state index contributed by atoms with van der Waals surface area (Å²) in [4.78, 5) is 25.8. The van der Waals surface area contributed by atoms with E-state index in [2.05, 4.69) is 4.98 Å². The Labute approximate surface area is 93.1 Å². The Kier molecular flexibility index (Phi) is 2.68. The normalized spacial score (nSPS) is 10.1. The molecule has 0 aliphatic carbocycles. The molecule has 1 N–H and O–H groups in total. The molecule has 0 radical (unpaired) electrons. The standard InChI is InChI=1S/C13H11NO2/c1-9(15)12-7-11(8-14-12)13(16)10-5-3-2-4-6-10/h2-8,14H,1H3. The van der Waals surface area contributed by atoms with E-state index in [1.807, 2.05) is 18.2 Å². The first kappa shape index (κ1) is 10.4. The summed E-state index contributed by atoms with van der Waals surface area (Å²) in [5.74, 6) is -0.156. The SMILES string of the molecule is CC(=O)c1cc(C(=O)c2ccccc2)c[nH]1. The number of ketones is 2. The highest BCUT2D eigenvalue weighted by Gasteiger charge is 2.11. The molecule has 0 aliphatic rings. The molecule has 1 heterocycles. The van der Waals surface area contributed by atoms with E-state index in [4.69, 9.17) is 0 Å². The molecule has 1 aromatic heterocycles. The van der Waals surface area contributed by atoms with Crippen molar-refractivity contribution in [2.45, 2.75) is 6.92 Å². The minimum atomic E-state index is -0.0793. The number of carbonyl (C=O) groups excluding carboxylic acids is 2. The van der Waals surface area contributed by atoms with Crippen molar-refractivity contribution in [3.05, 3.63) is 59.4 Å². The Morgan fingerprint density at radius 2 is 1.75 bits per heavy atom. The number of aromatic amines is 1. The van der Waals surface area contributed by atoms with Gasteiger partial charge in [0, 0.05) is 24.2 Å². The quantitative estimate of drug-likeness (QED) is 0.796. The molecule has 0 bridgehead atoms. The van der Waals surface area contributed by atoms with Gasteiger partial charge < -0.3 is 4.98 Å². The molecule has 0 amide bonds. The summed E-state index contributed by atoms with van der Waals surface area (Å²) < 4.78 is 0. The van der Waals surface area contributed by atoms with Crippen LogP contribution in [0.4, 0.5) is 0 Å². The van der Waals surface area contributed by atoms with Crippen LogP contribution in [0.1, 0.15) is 33.3 Å². The van der Waals surface area contributed by atoms with Gasteiger partial charge in [-0.05, 0) is 6.07 Å². The Balaban J connectivity index is 2.31. The van der Waals surface area contributed by atoms with Crippen molar-refractivity contribution in [2.24, 2.45) is 0 Å². The van der Waals surface area contributed by atoms with E-state index in [1.54, 1.807) is 24.4 Å². The highest BCUT2D eigenvalue weighted by atomic mass is 16.1. The molecule has 1 aromatic carbocycles. The number of hydrogen-bond acceptors (Lipinski definition) is 2. The third-order valence-electron chi connectivity index (χ3n) is 2.36. The first-order valence-electron chi connectivity index (χ1n) is 4.97. The molecule has 0 fully saturated rings. The number of Topliss-reactive ketones (excluding diaryl/α,β-unsaturated/α-hetero) is 1. The van der Waals surface area contributed by atoms with Gasteiger partial charge in [0.2, 0.25) is 0 Å². The van der Waals surface area contributed by atoms with Crippen molar-refractivity contribution < 1.29 is 9.59 Å². The highest BCUT2D eigenvalue weighted by molar-refractivity contribution is 6.10. The fourth-order valence-electron chi connectivity index (χ4n) is 1.48. The van der Waals surface area contributed by atoms with Crippen LogP contribution >= 0.6 is 0 Å². The van der Waals surface area contributed by atoms with E-state index < -0.39 is 0 Å². The van der Waals surface area contributed by atoms with Crippen molar-refractivity contribution in [3.8, 4) is 0 Å². The third-order valence-corrected chi connectivity index (χ3v) is 2.36. The lowest BCUT2D eigenvalue weighted by atomic mass is 10.1. The Bertz CT molecular complexity index is 526. The molecule has 3 heteroatoms. The third kappa shape index (κ3) is 1.93. The number of nitrogens with one attached hydrogen (secondary N) is 1. The van der Waals surface area contributed by atoms with Gasteiger partial charge in [-0.1, -0.05) is 30.3 Å². The first-order valence-corrected chi connectivity index (χ1v) is 4.97. The van der Waals surface area contributed by atoms with E-state index in [1.165, 1.54) is 6.92 Å². The van der Waals surface area contributed by atoms with Crippen LogP contribution in [-0.4, -0.2) is 16.6 Å². The van der Waals surface area contributed by atoms with E-state index in [-0.39, 0.29) is 11.6 Å². The van der Waals surface area contributed by atoms with Gasteiger partial charge in [0.15, 0.2) is 11.6 Å². The molecule has 2 aromatic rings. The molecular weight excluding hydrogens is 202 g/mol. The maximum Gasteiger partial charge on any atom is 0.194 e. The monoisotopic (exact) mass is 213 g/mol. The zero-order chi connectivity index (χ0) is 11.5. The van der Waals surface area contributed by atoms with Crippen molar-refractivity contribution in [1.82, 2.24) is 4.98 Å². The number of carbonyl (C=O) groups is 2. The van der Waals surface area contributed by atoms with E-state index in [0.717, 1.165) is 0 Å². The van der Waals surface area contributed by atoms with Crippen molar-refractivity contribution in [3.63, 3.8) is 0 Å². The van der Waals surface area contributed by atoms with Crippen molar-refractivity contribution in [2.75, 3.05) is 0 Å². The van der Waals surface area contributed by atoms with Crippen LogP contribution < -0.4 is 0 Å². The number of rotatable bonds is 3. The predicted octanol–water partition coefficient (Wildman–Crippen LogP) is 2.45. The molecule has 3 nitrogen and oxygen atoms in total. The van der Waals surface area contributed by atoms with Gasteiger partial charge >= 0.3 is 0 Å². The summed E-state index contributed by atoms with van der Waals surface area (Å²) in [5, 5.41) is 0. The summed E-state index contributed by atoms with van der Waals surface area (Å²) in [7, 11) is 0. The summed E-state index contributed by atoms with van der Waals surface area (Å²) >= 11 is 0. The second-order valence-electron chi connectivity index (χ2n) is 3.55. The average molecular weight is 213 g/mol. The Morgan fingerprint density at radius 3 is 2.31 bits per heavy atom. The minimum Gasteiger partial charge on any atom is -0.358 e. The largest absolute Gasteiger partial charge is 0.358 e. The molecule has 0 atom stereocenters. The first-order chi connectivity index (χ1) is 7.68. The lowest BCUT2D eigenvalue weighted by Crippen LogP contribution is -1.99. The van der Waals surface area contributed by atoms with Crippen LogP contribution in [0, 0.1) is 0 Å². The molecule has 0 saturated heterocycles. The molecule has 2 rings (SSSR count). The molecule has 0 spiro atoms. The summed E-state index contributed by atoms with van der Waals surface area (Å²) in [6, 6.07) is 10.6. The molecule has 0 unspecified atom stereocenters. The number of hydrogen-bond donors (Lipinski definition) is 1. The van der Waals surface area contributed by atoms with Gasteiger partial charge in [0.05, 0.1) is 5.69 Å². The molecule has 0 saturated carbocycles. The maximum absolute atomic E-state index is 12.0. The van der Waals surface area contributed by atoms with Gasteiger partial charge in [-0.15, -0.1) is 0 Å². The van der Waals surface area contributed by atoms with Crippen LogP contribution in [0.15, 0.2) is 42.6 Å². The van der Waals surface area contributed by atoms with Gasteiger partial charge in [-0.2, -0.15) is 0 Å². The van der Waals surface area contributed by atoms with Crippen LogP contribution in [0.5, 0.6) is 0 Å². The fraction of sp³-hybridized carbons (Fsp3) is 0.0769. The highest BCUT2D eigenvalue weighted by Crippen LogP contribution is 2.11. The van der Waals surface area contributed by atoms with Crippen LogP contribution in [0.2, 0.25) is 0 Å². The Morgan fingerprint density at radius 1 is 1.06 bits per heavy atom. The number of benzene rings is 1. The summed E-state index contributed by atoms with van der Waals surface area (Å²) in [5.41, 5.74) is 1.59. The van der Waals surface area contributed by atoms with Gasteiger partial charge in [0.1, 0.15) is 0 Å². The maximum atomic E-state index is 12.0. The fourth-order valence-corrected chi connectivity index (χ4v) is 1.48. The van der Waals surface area contributed by atoms with Gasteiger partial charge in [-0.25, -0.2) is 0 Å². The zero-order valence-corrected chi connectivity index (χ0v) is 8.86. The topological polar surface area (TPSA) is 49.9 Å². The lowest BCUT2D eigenvalue weighted by molar-refractivity contribution is 0.101. The number of H-pyrrole nitrogens is 1. The van der Waals surface area contributed by atoms with E-state index >= 15 is 0 Å². The van der Waals surface area contributed by atoms with E-state index in [9.17, 15) is 9.59 Å². The molecule has 0 aliphatic heterocycles. The average Bonchev–Trinajstić information content (AvgIpc) is 2.78. The Hall–Kier alpha value is -2.16. The molecular formula is C13H11NO2. The molecule has 16 heavy (non-hydrogen) atoms. The van der Waals surface area contributed by atoms with Crippen molar-refractivity contribution >= 4 is 11.6 Å². The smallest absolute Gasteiger partial charge is 0.194 e. The van der Waals surface area contributed by atoms with Crippen molar-refractivity contribution in [1.29, 1.82) is 0 Å². The predicted molar refractivity (Wildman–Crippen MR) is 60.7 cm³/mol. The summed E-state index contributed by atoms with van der Waals surface area (Å²) in [6.07, 6.45) is 1.56. The second-order valence-corrected chi connectivity index (χ2v) is 3.55. The van der Waals surface area contributed by atoms with Gasteiger partial charge in [0.25, 0.3) is 0 Å². The van der Waals surface area contributed by atoms with Crippen LogP contribution in [0.3, 0.4) is 0 Å².